The molecule has 0 aliphatic carbocycles. The van der Waals surface area contributed by atoms with Crippen molar-refractivity contribution in [1.29, 1.82) is 0 Å². The highest BCUT2D eigenvalue weighted by molar-refractivity contribution is 6.35. The molecule has 4 N–H and O–H groups in total. The van der Waals surface area contributed by atoms with Crippen LogP contribution in [0.15, 0.2) is 48.7 Å². The molecule has 3 amide bonds. The number of halogens is 4. The molecule has 1 aliphatic rings. The number of nitrogens with zero attached hydrogens (tertiary/aromatic N) is 4. The van der Waals surface area contributed by atoms with E-state index in [-0.39, 0.29) is 36.1 Å². The molecule has 0 bridgehead atoms. The summed E-state index contributed by atoms with van der Waals surface area (Å²) >= 11 is 5.92. The second-order valence-corrected chi connectivity index (χ2v) is 11.7. The van der Waals surface area contributed by atoms with E-state index in [0.717, 1.165) is 5.56 Å². The highest BCUT2D eigenvalue weighted by Crippen LogP contribution is 2.23. The average Bonchev–Trinajstić information content (AvgIpc) is 3.05. The van der Waals surface area contributed by atoms with E-state index in [1.54, 1.807) is 24.3 Å². The fourth-order valence-electron chi connectivity index (χ4n) is 4.11. The number of pyridine rings is 1. The van der Waals surface area contributed by atoms with E-state index in [9.17, 15) is 27.6 Å². The number of hydrogen-bond acceptors (Lipinski definition) is 10. The van der Waals surface area contributed by atoms with E-state index in [1.807, 2.05) is 13.8 Å². The minimum Gasteiger partial charge on any atom is -0.454 e. The molecule has 252 valence electrons. The van der Waals surface area contributed by atoms with Gasteiger partial charge in [0.2, 0.25) is 0 Å². The molecule has 3 aromatic rings. The minimum atomic E-state index is -4.59. The van der Waals surface area contributed by atoms with E-state index in [4.69, 9.17) is 21.1 Å². The molecule has 47 heavy (non-hydrogen) atoms. The lowest BCUT2D eigenvalue weighted by Gasteiger charge is -2.28. The summed E-state index contributed by atoms with van der Waals surface area (Å²) in [6, 6.07) is 10.9. The number of rotatable bonds is 12. The first-order valence-electron chi connectivity index (χ1n) is 14.5. The van der Waals surface area contributed by atoms with Crippen LogP contribution in [0.5, 0.6) is 6.01 Å². The fraction of sp³-hybridized carbons (Fsp3) is 0.400. The Kier molecular flexibility index (Phi) is 11.8. The molecule has 0 saturated carbocycles. The Hall–Kier alpha value is -4.70. The summed E-state index contributed by atoms with van der Waals surface area (Å²) in [7, 11) is 0. The fourth-order valence-corrected chi connectivity index (χ4v) is 4.23. The molecule has 17 heteroatoms. The second-order valence-electron chi connectivity index (χ2n) is 11.3. The first-order chi connectivity index (χ1) is 22.3. The summed E-state index contributed by atoms with van der Waals surface area (Å²) in [6.07, 6.45) is -3.28. The van der Waals surface area contributed by atoms with E-state index >= 15 is 0 Å². The van der Waals surface area contributed by atoms with Gasteiger partial charge in [-0.25, -0.2) is 4.98 Å². The van der Waals surface area contributed by atoms with Crippen LogP contribution >= 0.6 is 11.6 Å². The van der Waals surface area contributed by atoms with Gasteiger partial charge in [0.05, 0.1) is 18.8 Å². The standard InChI is InChI=1S/C30H34ClF3N8O5/c1-29(2,17-38-26(44)27(45)42-9-11-46-12-10-42)16-37-25(43)20-5-8-22(36-15-20)39-24-13-23(35-14-19-3-6-21(31)7-4-19)40-28(41-24)47-18-30(32,33)34/h3-8,13,15H,9-12,14,16-18H2,1-2H3,(H,37,43)(H,38,44)(H2,35,36,39,40,41). The van der Waals surface area contributed by atoms with Crippen LogP contribution in [0, 0.1) is 5.41 Å². The predicted molar refractivity (Wildman–Crippen MR) is 166 cm³/mol. The van der Waals surface area contributed by atoms with Gasteiger partial charge in [0.15, 0.2) is 6.61 Å². The molecular weight excluding hydrogens is 645 g/mol. The summed E-state index contributed by atoms with van der Waals surface area (Å²) in [5.41, 5.74) is 0.506. The van der Waals surface area contributed by atoms with E-state index < -0.39 is 41.9 Å². The molecule has 1 aliphatic heterocycles. The minimum absolute atomic E-state index is 0.0939. The smallest absolute Gasteiger partial charge is 0.422 e. The number of carbonyl (C=O) groups is 3. The zero-order valence-electron chi connectivity index (χ0n) is 25.6. The first-order valence-corrected chi connectivity index (χ1v) is 14.9. The second kappa shape index (κ2) is 15.7. The van der Waals surface area contributed by atoms with Gasteiger partial charge in [0.25, 0.3) is 5.91 Å². The van der Waals surface area contributed by atoms with Crippen LogP contribution in [0.4, 0.5) is 30.6 Å². The molecule has 0 atom stereocenters. The molecule has 1 aromatic carbocycles. The highest BCUT2D eigenvalue weighted by Gasteiger charge is 2.29. The summed E-state index contributed by atoms with van der Waals surface area (Å²) in [6.45, 7) is 4.18. The van der Waals surface area contributed by atoms with Gasteiger partial charge >= 0.3 is 24.0 Å². The summed E-state index contributed by atoms with van der Waals surface area (Å²) in [5.74, 6) is -1.23. The number of benzene rings is 1. The van der Waals surface area contributed by atoms with E-state index in [1.165, 1.54) is 29.3 Å². The Balaban J connectivity index is 1.33. The van der Waals surface area contributed by atoms with Crippen LogP contribution < -0.4 is 26.0 Å². The van der Waals surface area contributed by atoms with Gasteiger partial charge in [-0.3, -0.25) is 14.4 Å². The van der Waals surface area contributed by atoms with E-state index in [2.05, 4.69) is 36.2 Å². The molecule has 3 heterocycles. The maximum atomic E-state index is 12.8. The lowest BCUT2D eigenvalue weighted by Crippen LogP contribution is -2.50. The number of anilines is 3. The van der Waals surface area contributed by atoms with Crippen LogP contribution in [0.2, 0.25) is 5.02 Å². The lowest BCUT2D eigenvalue weighted by atomic mass is 9.93. The molecule has 0 radical (unpaired) electrons. The topological polar surface area (TPSA) is 160 Å². The SMILES string of the molecule is CC(C)(CNC(=O)C(=O)N1CCOCC1)CNC(=O)c1ccc(Nc2cc(NCc3ccc(Cl)cc3)nc(OCC(F)(F)F)n2)nc1. The van der Waals surface area contributed by atoms with Gasteiger partial charge in [-0.1, -0.05) is 37.6 Å². The zero-order chi connectivity index (χ0) is 34.0. The highest BCUT2D eigenvalue weighted by atomic mass is 35.5. The molecule has 2 aromatic heterocycles. The number of hydrogen-bond donors (Lipinski definition) is 4. The number of alkyl halides is 3. The number of nitrogens with one attached hydrogen (secondary N) is 4. The Labute approximate surface area is 273 Å². The molecule has 1 saturated heterocycles. The monoisotopic (exact) mass is 678 g/mol. The molecule has 0 spiro atoms. The third-order valence-corrected chi connectivity index (χ3v) is 6.94. The van der Waals surface area contributed by atoms with E-state index in [0.29, 0.717) is 37.9 Å². The third kappa shape index (κ3) is 11.6. The molecule has 13 nitrogen and oxygen atoms in total. The van der Waals surface area contributed by atoms with Gasteiger partial charge < -0.3 is 35.6 Å². The van der Waals surface area contributed by atoms with Crippen molar-refractivity contribution in [3.63, 3.8) is 0 Å². The quantitative estimate of drug-likeness (QED) is 0.209. The van der Waals surface area contributed by atoms with Gasteiger partial charge in [0.1, 0.15) is 17.5 Å². The van der Waals surface area contributed by atoms with Crippen LogP contribution in [0.1, 0.15) is 29.8 Å². The number of carbonyl (C=O) groups excluding carboxylic acids is 3. The molecule has 1 fully saturated rings. The summed E-state index contributed by atoms with van der Waals surface area (Å²) < 4.78 is 48.3. The van der Waals surface area contributed by atoms with Gasteiger partial charge in [-0.15, -0.1) is 0 Å². The van der Waals surface area contributed by atoms with Crippen LogP contribution in [0.25, 0.3) is 0 Å². The van der Waals surface area contributed by atoms with Crippen LogP contribution in [0.3, 0.4) is 0 Å². The third-order valence-electron chi connectivity index (χ3n) is 6.69. The van der Waals surface area contributed by atoms with Crippen molar-refractivity contribution in [2.75, 3.05) is 56.6 Å². The number of aromatic nitrogens is 3. The summed E-state index contributed by atoms with van der Waals surface area (Å²) in [4.78, 5) is 51.1. The van der Waals surface area contributed by atoms with Crippen molar-refractivity contribution >= 4 is 46.8 Å². The van der Waals surface area contributed by atoms with Crippen LogP contribution in [-0.4, -0.2) is 89.7 Å². The Bertz CT molecular complexity index is 1540. The summed E-state index contributed by atoms with van der Waals surface area (Å²) in [5, 5.41) is 11.9. The zero-order valence-corrected chi connectivity index (χ0v) is 26.4. The Morgan fingerprint density at radius 1 is 0.957 bits per heavy atom. The normalized spacial score (nSPS) is 13.4. The van der Waals surface area contributed by atoms with Gasteiger partial charge in [-0.05, 0) is 35.2 Å². The van der Waals surface area contributed by atoms with Crippen LogP contribution in [-0.2, 0) is 20.9 Å². The molecule has 4 rings (SSSR count). The average molecular weight is 679 g/mol. The number of morpholine rings is 1. The van der Waals surface area contributed by atoms with Crippen molar-refractivity contribution in [3.05, 3.63) is 64.8 Å². The largest absolute Gasteiger partial charge is 0.454 e. The molecular formula is C30H34ClF3N8O5. The van der Waals surface area contributed by atoms with Crippen molar-refractivity contribution < 1.29 is 37.0 Å². The van der Waals surface area contributed by atoms with Crippen molar-refractivity contribution in [2.45, 2.75) is 26.6 Å². The number of ether oxygens (including phenoxy) is 2. The Morgan fingerprint density at radius 3 is 2.30 bits per heavy atom. The Morgan fingerprint density at radius 2 is 1.64 bits per heavy atom. The van der Waals surface area contributed by atoms with Crippen molar-refractivity contribution in [3.8, 4) is 6.01 Å². The lowest BCUT2D eigenvalue weighted by molar-refractivity contribution is -0.154. The number of amides is 3. The van der Waals surface area contributed by atoms with Gasteiger partial charge in [0, 0.05) is 50.0 Å². The molecule has 0 unspecified atom stereocenters. The predicted octanol–water partition coefficient (Wildman–Crippen LogP) is 3.55. The maximum absolute atomic E-state index is 12.8. The first kappa shape index (κ1) is 35.2. The van der Waals surface area contributed by atoms with Crippen molar-refractivity contribution in [2.24, 2.45) is 5.41 Å². The van der Waals surface area contributed by atoms with Crippen molar-refractivity contribution in [1.82, 2.24) is 30.5 Å². The maximum Gasteiger partial charge on any atom is 0.422 e. The van der Waals surface area contributed by atoms with Gasteiger partial charge in [-0.2, -0.15) is 23.1 Å².